The van der Waals surface area contributed by atoms with Crippen molar-refractivity contribution in [2.75, 3.05) is 18.0 Å². The average Bonchev–Trinajstić information content (AvgIpc) is 2.45. The second-order valence-corrected chi connectivity index (χ2v) is 6.93. The van der Waals surface area contributed by atoms with Crippen LogP contribution >= 0.6 is 0 Å². The van der Waals surface area contributed by atoms with Crippen LogP contribution in [0.15, 0.2) is 18.3 Å². The van der Waals surface area contributed by atoms with Gasteiger partial charge in [0.2, 0.25) is 0 Å². The number of rotatable bonds is 4. The summed E-state index contributed by atoms with van der Waals surface area (Å²) in [6.45, 7) is 8.28. The summed E-state index contributed by atoms with van der Waals surface area (Å²) in [7, 11) is 0. The molecule has 1 saturated carbocycles. The zero-order valence-corrected chi connectivity index (χ0v) is 13.2. The molecule has 0 saturated heterocycles. The predicted molar refractivity (Wildman–Crippen MR) is 86.2 cm³/mol. The highest BCUT2D eigenvalue weighted by Crippen LogP contribution is 2.28. The fraction of sp³-hybridized carbons (Fsp3) is 0.706. The molecule has 0 aliphatic heterocycles. The van der Waals surface area contributed by atoms with E-state index in [1.54, 1.807) is 0 Å². The van der Waals surface area contributed by atoms with Crippen molar-refractivity contribution < 1.29 is 0 Å². The lowest BCUT2D eigenvalue weighted by Crippen LogP contribution is -2.40. The predicted octanol–water partition coefficient (Wildman–Crippen LogP) is 3.48. The third-order valence-corrected chi connectivity index (χ3v) is 4.29. The van der Waals surface area contributed by atoms with Gasteiger partial charge in [-0.15, -0.1) is 0 Å². The Morgan fingerprint density at radius 2 is 1.90 bits per heavy atom. The van der Waals surface area contributed by atoms with Crippen molar-refractivity contribution in [2.24, 2.45) is 5.73 Å². The SMILES string of the molecule is CC(C)(C)c1ccc(N(CCN)C2CCCCC2)nc1. The summed E-state index contributed by atoms with van der Waals surface area (Å²) < 4.78 is 0. The second-order valence-electron chi connectivity index (χ2n) is 6.93. The Kier molecular flexibility index (Phi) is 5.03. The maximum Gasteiger partial charge on any atom is 0.128 e. The molecule has 0 unspecified atom stereocenters. The maximum atomic E-state index is 5.80. The summed E-state index contributed by atoms with van der Waals surface area (Å²) in [4.78, 5) is 7.13. The van der Waals surface area contributed by atoms with Crippen LogP contribution in [-0.2, 0) is 5.41 Å². The minimum absolute atomic E-state index is 0.162. The van der Waals surface area contributed by atoms with Gasteiger partial charge in [0, 0.05) is 25.3 Å². The van der Waals surface area contributed by atoms with Gasteiger partial charge in [-0.05, 0) is 29.9 Å². The van der Waals surface area contributed by atoms with Crippen LogP contribution in [0.1, 0.15) is 58.4 Å². The molecule has 1 aliphatic carbocycles. The molecule has 0 radical (unpaired) electrons. The summed E-state index contributed by atoms with van der Waals surface area (Å²) >= 11 is 0. The van der Waals surface area contributed by atoms with Crippen molar-refractivity contribution >= 4 is 5.82 Å². The molecule has 0 atom stereocenters. The molecule has 1 heterocycles. The van der Waals surface area contributed by atoms with E-state index in [-0.39, 0.29) is 5.41 Å². The molecule has 20 heavy (non-hydrogen) atoms. The monoisotopic (exact) mass is 275 g/mol. The Bertz CT molecular complexity index is 399. The normalized spacial score (nSPS) is 17.2. The molecule has 1 fully saturated rings. The standard InChI is InChI=1S/C17H29N3/c1-17(2,3)14-9-10-16(19-13-14)20(12-11-18)15-7-5-4-6-8-15/h9-10,13,15H,4-8,11-12,18H2,1-3H3. The first-order valence-electron chi connectivity index (χ1n) is 7.95. The summed E-state index contributed by atoms with van der Waals surface area (Å²) in [6.07, 6.45) is 8.65. The number of nitrogens with zero attached hydrogens (tertiary/aromatic N) is 2. The number of hydrogen-bond acceptors (Lipinski definition) is 3. The lowest BCUT2D eigenvalue weighted by atomic mass is 9.88. The number of aromatic nitrogens is 1. The van der Waals surface area contributed by atoms with Crippen LogP contribution in [0.4, 0.5) is 5.82 Å². The summed E-state index contributed by atoms with van der Waals surface area (Å²) in [5.41, 5.74) is 7.25. The molecule has 112 valence electrons. The Hall–Kier alpha value is -1.09. The molecular weight excluding hydrogens is 246 g/mol. The molecule has 2 rings (SSSR count). The minimum atomic E-state index is 0.162. The smallest absolute Gasteiger partial charge is 0.128 e. The number of nitrogens with two attached hydrogens (primary N) is 1. The first kappa shape index (κ1) is 15.3. The van der Waals surface area contributed by atoms with Gasteiger partial charge in [0.1, 0.15) is 5.82 Å². The lowest BCUT2D eigenvalue weighted by Gasteiger charge is -2.35. The molecule has 0 amide bonds. The van der Waals surface area contributed by atoms with E-state index in [0.717, 1.165) is 12.4 Å². The largest absolute Gasteiger partial charge is 0.352 e. The van der Waals surface area contributed by atoms with E-state index in [2.05, 4.69) is 37.8 Å². The Labute approximate surface area is 123 Å². The Balaban J connectivity index is 2.16. The van der Waals surface area contributed by atoms with Crippen LogP contribution in [-0.4, -0.2) is 24.1 Å². The van der Waals surface area contributed by atoms with E-state index in [4.69, 9.17) is 10.7 Å². The number of hydrogen-bond donors (Lipinski definition) is 1. The zero-order chi connectivity index (χ0) is 14.6. The third kappa shape index (κ3) is 3.72. The highest BCUT2D eigenvalue weighted by molar-refractivity contribution is 5.42. The van der Waals surface area contributed by atoms with Gasteiger partial charge < -0.3 is 10.6 Å². The fourth-order valence-corrected chi connectivity index (χ4v) is 3.02. The van der Waals surface area contributed by atoms with Crippen molar-refractivity contribution in [3.63, 3.8) is 0 Å². The highest BCUT2D eigenvalue weighted by atomic mass is 15.2. The van der Waals surface area contributed by atoms with E-state index in [0.29, 0.717) is 12.6 Å². The van der Waals surface area contributed by atoms with E-state index < -0.39 is 0 Å². The molecule has 2 N–H and O–H groups in total. The van der Waals surface area contributed by atoms with Crippen LogP contribution in [0.5, 0.6) is 0 Å². The van der Waals surface area contributed by atoms with Crippen LogP contribution < -0.4 is 10.6 Å². The Morgan fingerprint density at radius 1 is 1.20 bits per heavy atom. The van der Waals surface area contributed by atoms with Crippen LogP contribution in [0.2, 0.25) is 0 Å². The number of anilines is 1. The van der Waals surface area contributed by atoms with Crippen molar-refractivity contribution in [1.29, 1.82) is 0 Å². The highest BCUT2D eigenvalue weighted by Gasteiger charge is 2.22. The van der Waals surface area contributed by atoms with Gasteiger partial charge in [-0.3, -0.25) is 0 Å². The summed E-state index contributed by atoms with van der Waals surface area (Å²) in [6, 6.07) is 5.01. The summed E-state index contributed by atoms with van der Waals surface area (Å²) in [5, 5.41) is 0. The molecule has 3 nitrogen and oxygen atoms in total. The molecule has 0 spiro atoms. The quantitative estimate of drug-likeness (QED) is 0.914. The van der Waals surface area contributed by atoms with Gasteiger partial charge in [-0.25, -0.2) is 4.98 Å². The Morgan fingerprint density at radius 3 is 2.40 bits per heavy atom. The van der Waals surface area contributed by atoms with Gasteiger partial charge in [0.15, 0.2) is 0 Å². The van der Waals surface area contributed by atoms with Crippen LogP contribution in [0.3, 0.4) is 0 Å². The molecule has 3 heteroatoms. The zero-order valence-electron chi connectivity index (χ0n) is 13.2. The topological polar surface area (TPSA) is 42.1 Å². The van der Waals surface area contributed by atoms with Crippen LogP contribution in [0.25, 0.3) is 0 Å². The molecule has 0 aromatic carbocycles. The van der Waals surface area contributed by atoms with Gasteiger partial charge in [-0.2, -0.15) is 0 Å². The van der Waals surface area contributed by atoms with Gasteiger partial charge in [-0.1, -0.05) is 46.1 Å². The van der Waals surface area contributed by atoms with Gasteiger partial charge in [0.25, 0.3) is 0 Å². The lowest BCUT2D eigenvalue weighted by molar-refractivity contribution is 0.414. The van der Waals surface area contributed by atoms with E-state index in [1.165, 1.54) is 37.7 Å². The van der Waals surface area contributed by atoms with E-state index >= 15 is 0 Å². The number of pyridine rings is 1. The average molecular weight is 275 g/mol. The van der Waals surface area contributed by atoms with E-state index in [9.17, 15) is 0 Å². The fourth-order valence-electron chi connectivity index (χ4n) is 3.02. The summed E-state index contributed by atoms with van der Waals surface area (Å²) in [5.74, 6) is 1.09. The van der Waals surface area contributed by atoms with Gasteiger partial charge in [0.05, 0.1) is 0 Å². The van der Waals surface area contributed by atoms with Crippen molar-refractivity contribution in [3.8, 4) is 0 Å². The first-order chi connectivity index (χ1) is 9.52. The molecule has 1 aromatic heterocycles. The maximum absolute atomic E-state index is 5.80. The molecule has 1 aromatic rings. The van der Waals surface area contributed by atoms with Crippen molar-refractivity contribution in [2.45, 2.75) is 64.3 Å². The van der Waals surface area contributed by atoms with Crippen molar-refractivity contribution in [1.82, 2.24) is 4.98 Å². The third-order valence-electron chi connectivity index (χ3n) is 4.29. The van der Waals surface area contributed by atoms with Gasteiger partial charge >= 0.3 is 0 Å². The minimum Gasteiger partial charge on any atom is -0.352 e. The van der Waals surface area contributed by atoms with Crippen molar-refractivity contribution in [3.05, 3.63) is 23.9 Å². The van der Waals surface area contributed by atoms with E-state index in [1.807, 2.05) is 6.20 Å². The molecule has 0 bridgehead atoms. The first-order valence-corrected chi connectivity index (χ1v) is 7.95. The molecular formula is C17H29N3. The second kappa shape index (κ2) is 6.57. The van der Waals surface area contributed by atoms with Crippen LogP contribution in [0, 0.1) is 0 Å². The molecule has 1 aliphatic rings.